The van der Waals surface area contributed by atoms with Crippen LogP contribution >= 0.6 is 15.9 Å². The second-order valence-electron chi connectivity index (χ2n) is 7.43. The third-order valence-corrected chi connectivity index (χ3v) is 5.27. The summed E-state index contributed by atoms with van der Waals surface area (Å²) >= 11 is 3.54. The number of aromatic nitrogens is 4. The molecule has 11 heteroatoms. The van der Waals surface area contributed by atoms with Crippen molar-refractivity contribution in [1.29, 1.82) is 5.26 Å². The number of nitrogens with zero attached hydrogens (tertiary/aromatic N) is 5. The van der Waals surface area contributed by atoms with Crippen LogP contribution in [-0.2, 0) is 6.54 Å². The van der Waals surface area contributed by atoms with E-state index in [4.69, 9.17) is 14.4 Å². The van der Waals surface area contributed by atoms with E-state index in [1.165, 1.54) is 6.07 Å². The summed E-state index contributed by atoms with van der Waals surface area (Å²) in [5.74, 6) is 0.104. The van der Waals surface area contributed by atoms with Crippen LogP contribution in [0.25, 0.3) is 22.8 Å². The number of benzene rings is 2. The van der Waals surface area contributed by atoms with Gasteiger partial charge in [-0.2, -0.15) is 15.3 Å². The fraction of sp³-hybridized carbons (Fsp3) is 0.174. The zero-order valence-corrected chi connectivity index (χ0v) is 22.3. The monoisotopic (exact) mass is 530 g/mol. The number of carboxylic acids is 1. The molecule has 0 atom stereocenters. The normalized spacial score (nSPS) is 10.6. The minimum absolute atomic E-state index is 0. The van der Waals surface area contributed by atoms with Gasteiger partial charge in [-0.15, -0.1) is 0 Å². The van der Waals surface area contributed by atoms with E-state index in [-0.39, 0.29) is 47.2 Å². The molecule has 0 aliphatic carbocycles. The van der Waals surface area contributed by atoms with Gasteiger partial charge in [-0.1, -0.05) is 27.2 Å². The summed E-state index contributed by atoms with van der Waals surface area (Å²) in [5.41, 5.74) is 2.63. The number of carboxylic acid groups (broad SMARTS) is 1. The molecule has 2 aromatic carbocycles. The Balaban J connectivity index is 0.00000324. The molecule has 0 fully saturated rings. The largest absolute Gasteiger partial charge is 0.490 e. The van der Waals surface area contributed by atoms with Crippen LogP contribution in [0.2, 0.25) is 0 Å². The molecular formula is C23H18BrN5NaO4. The average Bonchev–Trinajstić information content (AvgIpc) is 3.44. The molecule has 0 aliphatic rings. The van der Waals surface area contributed by atoms with Gasteiger partial charge in [0.15, 0.2) is 5.69 Å². The van der Waals surface area contributed by atoms with E-state index >= 15 is 0 Å². The second kappa shape index (κ2) is 11.0. The summed E-state index contributed by atoms with van der Waals surface area (Å²) in [6.45, 7) is 4.20. The second-order valence-corrected chi connectivity index (χ2v) is 8.28. The fourth-order valence-electron chi connectivity index (χ4n) is 3.15. The van der Waals surface area contributed by atoms with Crippen molar-refractivity contribution in [3.05, 3.63) is 70.0 Å². The smallest absolute Gasteiger partial charge is 0.356 e. The summed E-state index contributed by atoms with van der Waals surface area (Å²) in [4.78, 5) is 15.5. The van der Waals surface area contributed by atoms with E-state index in [0.717, 1.165) is 15.6 Å². The Morgan fingerprint density at radius 1 is 1.26 bits per heavy atom. The van der Waals surface area contributed by atoms with E-state index in [9.17, 15) is 10.1 Å². The number of ether oxygens (including phenoxy) is 1. The standard InChI is InChI=1S/C23H18BrN5O4.Na/c1-13(2)32-20-6-4-15(10-16(20)11-25)22-26-21(28-33-22)17-5-3-14(9-18(17)24)12-29-8-7-19(27-29)23(30)31;/h3-10,13H,12H2,1-2H3,(H,30,31);. The Kier molecular flexibility index (Phi) is 8.28. The van der Waals surface area contributed by atoms with E-state index < -0.39 is 5.97 Å². The molecule has 0 saturated carbocycles. The van der Waals surface area contributed by atoms with Crippen molar-refractivity contribution >= 4 is 51.5 Å². The van der Waals surface area contributed by atoms with Gasteiger partial charge in [0.2, 0.25) is 5.82 Å². The van der Waals surface area contributed by atoms with Crippen molar-refractivity contribution in [2.45, 2.75) is 26.5 Å². The van der Waals surface area contributed by atoms with Crippen LogP contribution in [-0.4, -0.2) is 66.7 Å². The third kappa shape index (κ3) is 5.74. The van der Waals surface area contributed by atoms with Crippen LogP contribution in [0.15, 0.2) is 57.7 Å². The van der Waals surface area contributed by atoms with Crippen LogP contribution in [0.4, 0.5) is 0 Å². The van der Waals surface area contributed by atoms with Gasteiger partial charge in [0.1, 0.15) is 11.8 Å². The van der Waals surface area contributed by atoms with Gasteiger partial charge < -0.3 is 14.4 Å². The van der Waals surface area contributed by atoms with Gasteiger partial charge in [0, 0.05) is 51.4 Å². The Hall–Kier alpha value is -2.97. The fourth-order valence-corrected chi connectivity index (χ4v) is 3.75. The summed E-state index contributed by atoms with van der Waals surface area (Å²) in [7, 11) is 0. The first kappa shape index (κ1) is 25.6. The SMILES string of the molecule is CC(C)Oc1ccc(-c2nc(-c3ccc(Cn4ccc(C(=O)O)n4)cc3Br)no2)cc1C#N.[Na]. The summed E-state index contributed by atoms with van der Waals surface area (Å²) in [6.07, 6.45) is 1.56. The molecule has 2 heterocycles. The first-order chi connectivity index (χ1) is 15.8. The zero-order valence-electron chi connectivity index (χ0n) is 18.7. The maximum absolute atomic E-state index is 11.0. The number of hydrogen-bond donors (Lipinski definition) is 1. The number of carbonyl (C=O) groups is 1. The van der Waals surface area contributed by atoms with E-state index in [2.05, 4.69) is 37.2 Å². The van der Waals surface area contributed by atoms with Crippen molar-refractivity contribution in [1.82, 2.24) is 19.9 Å². The molecule has 0 saturated heterocycles. The molecule has 0 aliphatic heterocycles. The molecule has 1 radical (unpaired) electrons. The Labute approximate surface area is 225 Å². The van der Waals surface area contributed by atoms with Gasteiger partial charge in [0.25, 0.3) is 5.89 Å². The van der Waals surface area contributed by atoms with Gasteiger partial charge in [-0.25, -0.2) is 4.79 Å². The van der Waals surface area contributed by atoms with Crippen LogP contribution in [0, 0.1) is 11.3 Å². The van der Waals surface area contributed by atoms with Gasteiger partial charge in [-0.3, -0.25) is 4.68 Å². The molecular weight excluding hydrogens is 513 g/mol. The summed E-state index contributed by atoms with van der Waals surface area (Å²) in [5, 5.41) is 26.5. The molecule has 9 nitrogen and oxygen atoms in total. The minimum Gasteiger partial charge on any atom is -0.490 e. The Morgan fingerprint density at radius 2 is 2.06 bits per heavy atom. The predicted octanol–water partition coefficient (Wildman–Crippen LogP) is 4.39. The summed E-state index contributed by atoms with van der Waals surface area (Å²) in [6, 6.07) is 14.3. The van der Waals surface area contributed by atoms with Gasteiger partial charge >= 0.3 is 5.97 Å². The first-order valence-electron chi connectivity index (χ1n) is 9.94. The van der Waals surface area contributed by atoms with Crippen LogP contribution < -0.4 is 4.74 Å². The maximum atomic E-state index is 11.0. The van der Waals surface area contributed by atoms with Crippen molar-refractivity contribution in [3.63, 3.8) is 0 Å². The van der Waals surface area contributed by atoms with Crippen molar-refractivity contribution in [3.8, 4) is 34.7 Å². The molecule has 167 valence electrons. The van der Waals surface area contributed by atoms with Crippen molar-refractivity contribution in [2.75, 3.05) is 0 Å². The van der Waals surface area contributed by atoms with Gasteiger partial charge in [0.05, 0.1) is 18.2 Å². The Morgan fingerprint density at radius 3 is 2.71 bits per heavy atom. The molecule has 34 heavy (non-hydrogen) atoms. The number of nitriles is 1. The predicted molar refractivity (Wildman–Crippen MR) is 127 cm³/mol. The minimum atomic E-state index is -1.07. The average molecular weight is 531 g/mol. The van der Waals surface area contributed by atoms with E-state index in [0.29, 0.717) is 29.2 Å². The van der Waals surface area contributed by atoms with Crippen LogP contribution in [0.5, 0.6) is 5.75 Å². The molecule has 0 bridgehead atoms. The summed E-state index contributed by atoms with van der Waals surface area (Å²) < 4.78 is 13.4. The van der Waals surface area contributed by atoms with E-state index in [1.54, 1.807) is 29.1 Å². The first-order valence-corrected chi connectivity index (χ1v) is 10.7. The Bertz CT molecular complexity index is 1380. The molecule has 4 rings (SSSR count). The topological polar surface area (TPSA) is 127 Å². The number of aromatic carboxylic acids is 1. The molecule has 1 N–H and O–H groups in total. The number of hydrogen-bond acceptors (Lipinski definition) is 7. The maximum Gasteiger partial charge on any atom is 0.356 e. The van der Waals surface area contributed by atoms with Crippen molar-refractivity contribution < 1.29 is 19.2 Å². The number of rotatable bonds is 7. The number of halogens is 1. The van der Waals surface area contributed by atoms with Crippen LogP contribution in [0.1, 0.15) is 35.5 Å². The molecule has 0 unspecified atom stereocenters. The molecule has 0 spiro atoms. The zero-order chi connectivity index (χ0) is 23.5. The third-order valence-electron chi connectivity index (χ3n) is 4.61. The molecule has 2 aromatic heterocycles. The van der Waals surface area contributed by atoms with Crippen molar-refractivity contribution in [2.24, 2.45) is 0 Å². The molecule has 0 amide bonds. The van der Waals surface area contributed by atoms with Gasteiger partial charge in [-0.05, 0) is 55.8 Å². The molecule has 4 aromatic rings. The van der Waals surface area contributed by atoms with Crippen LogP contribution in [0.3, 0.4) is 0 Å². The quantitative estimate of drug-likeness (QED) is 0.348. The van der Waals surface area contributed by atoms with E-state index in [1.807, 2.05) is 32.0 Å².